The minimum Gasteiger partial charge on any atom is -0.508 e. The quantitative estimate of drug-likeness (QED) is 0.200. The number of rotatable bonds is 7. The number of carbonyl (C=O) groups excluding carboxylic acids is 4. The van der Waals surface area contributed by atoms with E-state index in [0.717, 1.165) is 16.7 Å². The third-order valence-corrected chi connectivity index (χ3v) is 9.43. The van der Waals surface area contributed by atoms with Crippen LogP contribution in [0.5, 0.6) is 11.5 Å². The number of benzene rings is 1. The Morgan fingerprint density at radius 1 is 1.07 bits per heavy atom. The zero-order chi connectivity index (χ0) is 29.0. The predicted octanol–water partition coefficient (Wildman–Crippen LogP) is 4.15. The van der Waals surface area contributed by atoms with E-state index in [1.165, 1.54) is 17.0 Å². The number of ketones is 2. The number of aliphatic carboxylic acids is 1. The summed E-state index contributed by atoms with van der Waals surface area (Å²) in [5, 5.41) is 18.9. The van der Waals surface area contributed by atoms with Gasteiger partial charge >= 0.3 is 5.97 Å². The number of carboxylic acid groups (broad SMARTS) is 1. The normalized spacial score (nSPS) is 26.9. The number of nitrogens with zero attached hydrogens (tertiary/aromatic N) is 1. The molecule has 1 aromatic carbocycles. The van der Waals surface area contributed by atoms with Gasteiger partial charge in [-0.05, 0) is 71.3 Å². The highest BCUT2D eigenvalue weighted by molar-refractivity contribution is 9.12. The van der Waals surface area contributed by atoms with Crippen molar-refractivity contribution in [3.05, 3.63) is 69.0 Å². The SMILES string of the molecule is O=C(O)CCCCCN1C(=O)C2CC=C3C(C4=COc5ccc(O)cc5C4)C4=C(CC3C2C1=O)C(=O)C(Br)=CC4=O. The van der Waals surface area contributed by atoms with Gasteiger partial charge in [-0.15, -0.1) is 0 Å². The summed E-state index contributed by atoms with van der Waals surface area (Å²) in [6.45, 7) is 0.231. The van der Waals surface area contributed by atoms with Gasteiger partial charge in [0.05, 0.1) is 22.6 Å². The lowest BCUT2D eigenvalue weighted by molar-refractivity contribution is -0.141. The average Bonchev–Trinajstić information content (AvgIpc) is 3.19. The van der Waals surface area contributed by atoms with Crippen LogP contribution in [0, 0.1) is 23.7 Å². The summed E-state index contributed by atoms with van der Waals surface area (Å²) in [7, 11) is 0. The van der Waals surface area contributed by atoms with Gasteiger partial charge in [0.15, 0.2) is 11.6 Å². The van der Waals surface area contributed by atoms with E-state index in [0.29, 0.717) is 49.0 Å². The second kappa shape index (κ2) is 10.6. The highest BCUT2D eigenvalue weighted by Gasteiger charge is 2.56. The fourth-order valence-corrected chi connectivity index (χ4v) is 7.47. The number of hydrogen-bond donors (Lipinski definition) is 2. The number of hydrogen-bond acceptors (Lipinski definition) is 7. The van der Waals surface area contributed by atoms with Crippen LogP contribution in [0.3, 0.4) is 0 Å². The van der Waals surface area contributed by atoms with Crippen LogP contribution in [0.4, 0.5) is 0 Å². The number of phenolic OH excluding ortho intramolecular Hbond substituents is 1. The first-order chi connectivity index (χ1) is 19.7. The van der Waals surface area contributed by atoms with Crippen LogP contribution in [0.2, 0.25) is 0 Å². The van der Waals surface area contributed by atoms with Crippen molar-refractivity contribution in [2.24, 2.45) is 23.7 Å². The zero-order valence-electron chi connectivity index (χ0n) is 22.1. The number of carboxylic acids is 1. The monoisotopic (exact) mass is 621 g/mol. The molecule has 0 aromatic heterocycles. The molecule has 2 amide bonds. The molecule has 9 nitrogen and oxygen atoms in total. The lowest BCUT2D eigenvalue weighted by atomic mass is 9.59. The summed E-state index contributed by atoms with van der Waals surface area (Å²) in [6, 6.07) is 4.82. The number of carbonyl (C=O) groups is 5. The van der Waals surface area contributed by atoms with Gasteiger partial charge in [0.2, 0.25) is 11.8 Å². The molecule has 2 aliphatic heterocycles. The van der Waals surface area contributed by atoms with Crippen LogP contribution in [-0.2, 0) is 30.4 Å². The molecule has 2 heterocycles. The van der Waals surface area contributed by atoms with Crippen molar-refractivity contribution in [2.75, 3.05) is 6.54 Å². The van der Waals surface area contributed by atoms with Crippen molar-refractivity contribution in [2.45, 2.75) is 44.9 Å². The molecular formula is C31H28BrNO8. The summed E-state index contributed by atoms with van der Waals surface area (Å²) >= 11 is 3.24. The number of imide groups is 1. The molecule has 2 N–H and O–H groups in total. The van der Waals surface area contributed by atoms with Crippen LogP contribution in [0.25, 0.3) is 0 Å². The number of fused-ring (bicyclic) bond motifs is 4. The Balaban J connectivity index is 1.33. The highest BCUT2D eigenvalue weighted by Crippen LogP contribution is 2.55. The number of amides is 2. The Hall–Kier alpha value is -3.79. The zero-order valence-corrected chi connectivity index (χ0v) is 23.7. The van der Waals surface area contributed by atoms with E-state index in [-0.39, 0.29) is 53.0 Å². The summed E-state index contributed by atoms with van der Waals surface area (Å²) < 4.78 is 6.07. The Morgan fingerprint density at radius 3 is 2.66 bits per heavy atom. The number of likely N-dealkylation sites (tertiary alicyclic amines) is 1. The number of halogens is 1. The molecule has 3 aliphatic carbocycles. The summed E-state index contributed by atoms with van der Waals surface area (Å²) in [5.41, 5.74) is 3.07. The number of Topliss-reactive ketones (excluding diaryl/α,β-unsaturated/α-hetero) is 1. The topological polar surface area (TPSA) is 138 Å². The van der Waals surface area contributed by atoms with E-state index in [2.05, 4.69) is 15.9 Å². The van der Waals surface area contributed by atoms with E-state index in [1.807, 2.05) is 6.08 Å². The van der Waals surface area contributed by atoms with Crippen molar-refractivity contribution < 1.29 is 38.9 Å². The molecule has 212 valence electrons. The first kappa shape index (κ1) is 27.4. The van der Waals surface area contributed by atoms with E-state index in [4.69, 9.17) is 9.84 Å². The molecule has 1 aromatic rings. The maximum absolute atomic E-state index is 13.8. The molecular weight excluding hydrogens is 594 g/mol. The molecule has 1 saturated heterocycles. The summed E-state index contributed by atoms with van der Waals surface area (Å²) in [5.74, 6) is -3.50. The number of aromatic hydroxyl groups is 1. The van der Waals surface area contributed by atoms with Gasteiger partial charge < -0.3 is 14.9 Å². The second-order valence-electron chi connectivity index (χ2n) is 11.2. The Labute approximate surface area is 244 Å². The van der Waals surface area contributed by atoms with Crippen molar-refractivity contribution in [1.82, 2.24) is 4.90 Å². The van der Waals surface area contributed by atoms with Crippen LogP contribution in [-0.4, -0.2) is 51.0 Å². The molecule has 4 atom stereocenters. The molecule has 41 heavy (non-hydrogen) atoms. The van der Waals surface area contributed by atoms with Gasteiger partial charge in [-0.25, -0.2) is 0 Å². The number of allylic oxidation sites excluding steroid dienone is 7. The fourth-order valence-electron chi connectivity index (χ4n) is 7.02. The lowest BCUT2D eigenvalue weighted by Crippen LogP contribution is -2.41. The largest absolute Gasteiger partial charge is 0.508 e. The minimum absolute atomic E-state index is 0.0434. The van der Waals surface area contributed by atoms with Crippen LogP contribution < -0.4 is 4.74 Å². The summed E-state index contributed by atoms with van der Waals surface area (Å²) in [6.07, 6.45) is 7.40. The van der Waals surface area contributed by atoms with Gasteiger partial charge in [-0.2, -0.15) is 0 Å². The minimum atomic E-state index is -0.875. The molecule has 0 spiro atoms. The number of unbranched alkanes of at least 4 members (excludes halogenated alkanes) is 2. The molecule has 0 saturated carbocycles. The van der Waals surface area contributed by atoms with E-state index < -0.39 is 29.6 Å². The Kier molecular flexibility index (Phi) is 7.05. The van der Waals surface area contributed by atoms with Gasteiger partial charge in [0.25, 0.3) is 0 Å². The molecule has 0 bridgehead atoms. The number of phenols is 1. The van der Waals surface area contributed by atoms with Crippen LogP contribution in [0.15, 0.2) is 63.4 Å². The highest BCUT2D eigenvalue weighted by atomic mass is 79.9. The van der Waals surface area contributed by atoms with Gasteiger partial charge in [0, 0.05) is 48.1 Å². The third kappa shape index (κ3) is 4.67. The van der Waals surface area contributed by atoms with E-state index >= 15 is 0 Å². The lowest BCUT2D eigenvalue weighted by Gasteiger charge is -2.43. The molecule has 10 heteroatoms. The predicted molar refractivity (Wildman–Crippen MR) is 149 cm³/mol. The van der Waals surface area contributed by atoms with Crippen LogP contribution in [0.1, 0.15) is 44.1 Å². The fraction of sp³-hybridized carbons (Fsp3) is 0.387. The Morgan fingerprint density at radius 2 is 1.88 bits per heavy atom. The van der Waals surface area contributed by atoms with Crippen molar-refractivity contribution in [3.8, 4) is 11.5 Å². The van der Waals surface area contributed by atoms with E-state index in [9.17, 15) is 29.1 Å². The van der Waals surface area contributed by atoms with Crippen LogP contribution >= 0.6 is 15.9 Å². The first-order valence-corrected chi connectivity index (χ1v) is 14.6. The maximum Gasteiger partial charge on any atom is 0.303 e. The van der Waals surface area contributed by atoms with Gasteiger partial charge in [-0.1, -0.05) is 18.1 Å². The number of ether oxygens (including phenoxy) is 1. The van der Waals surface area contributed by atoms with Gasteiger partial charge in [-0.3, -0.25) is 28.9 Å². The second-order valence-corrected chi connectivity index (χ2v) is 12.1. The first-order valence-electron chi connectivity index (χ1n) is 13.8. The maximum atomic E-state index is 13.8. The Bertz CT molecular complexity index is 1530. The van der Waals surface area contributed by atoms with Crippen molar-refractivity contribution in [3.63, 3.8) is 0 Å². The molecule has 5 aliphatic rings. The van der Waals surface area contributed by atoms with Crippen molar-refractivity contribution in [1.29, 1.82) is 0 Å². The summed E-state index contributed by atoms with van der Waals surface area (Å²) in [4.78, 5) is 66.0. The molecule has 6 rings (SSSR count). The van der Waals surface area contributed by atoms with Crippen molar-refractivity contribution >= 4 is 45.3 Å². The van der Waals surface area contributed by atoms with Gasteiger partial charge in [0.1, 0.15) is 11.5 Å². The molecule has 4 unspecified atom stereocenters. The smallest absolute Gasteiger partial charge is 0.303 e. The third-order valence-electron chi connectivity index (χ3n) is 8.84. The average molecular weight is 622 g/mol. The standard InChI is InChI=1S/C31H28BrNO8/c32-22-13-23(35)28-21(29(22)38)12-20-18(26(28)16-10-15-11-17(34)5-8-24(15)41-14-16)6-7-19-27(20)31(40)33(30(19)39)9-3-1-2-4-25(36)37/h5-6,8,11,13-14,19-20,26-27,34H,1-4,7,9-10,12H2,(H,36,37). The molecule has 1 fully saturated rings. The molecule has 0 radical (unpaired) electrons. The van der Waals surface area contributed by atoms with E-state index in [1.54, 1.807) is 18.4 Å².